The van der Waals surface area contributed by atoms with Crippen LogP contribution < -0.4 is 0 Å². The number of amides is 2. The summed E-state index contributed by atoms with van der Waals surface area (Å²) in [5, 5.41) is 9.19. The highest BCUT2D eigenvalue weighted by Crippen LogP contribution is 2.27. The zero-order valence-electron chi connectivity index (χ0n) is 11.7. The van der Waals surface area contributed by atoms with Gasteiger partial charge in [0.05, 0.1) is 0 Å². The Morgan fingerprint density at radius 3 is 2.26 bits per heavy atom. The van der Waals surface area contributed by atoms with Crippen molar-refractivity contribution in [2.45, 2.75) is 52.4 Å². The molecule has 7 heteroatoms. The molecule has 1 aliphatic heterocycles. The highest BCUT2D eigenvalue weighted by Gasteiger charge is 2.52. The number of carboxylic acids is 1. The molecule has 2 atom stereocenters. The second-order valence-electron chi connectivity index (χ2n) is 5.73. The molecule has 19 heavy (non-hydrogen) atoms. The predicted octanol–water partition coefficient (Wildman–Crippen LogP) is 1.85. The molecule has 1 N–H and O–H groups in total. The van der Waals surface area contributed by atoms with Crippen LogP contribution in [0.3, 0.4) is 0 Å². The molecule has 7 nitrogen and oxygen atoms in total. The van der Waals surface area contributed by atoms with E-state index in [9.17, 15) is 19.5 Å². The molecule has 0 bridgehead atoms. The molecule has 108 valence electrons. The highest BCUT2D eigenvalue weighted by atomic mass is 16.6. The van der Waals surface area contributed by atoms with E-state index in [1.807, 2.05) is 0 Å². The van der Waals surface area contributed by atoms with Gasteiger partial charge in [-0.25, -0.2) is 14.4 Å². The van der Waals surface area contributed by atoms with E-state index in [-0.39, 0.29) is 5.92 Å². The van der Waals surface area contributed by atoms with Gasteiger partial charge in [0.2, 0.25) is 0 Å². The molecule has 0 aromatic rings. The number of carbonyl (C=O) groups excluding carboxylic acids is 2. The van der Waals surface area contributed by atoms with Crippen LogP contribution in [0.1, 0.15) is 34.6 Å². The number of carboxylic acid groups (broad SMARTS) is 1. The van der Waals surface area contributed by atoms with Crippen LogP contribution >= 0.6 is 0 Å². The second-order valence-corrected chi connectivity index (χ2v) is 5.73. The first-order valence-corrected chi connectivity index (χ1v) is 6.00. The summed E-state index contributed by atoms with van der Waals surface area (Å²) >= 11 is 0. The molecule has 1 rings (SSSR count). The van der Waals surface area contributed by atoms with Crippen molar-refractivity contribution in [2.24, 2.45) is 5.92 Å². The lowest BCUT2D eigenvalue weighted by Gasteiger charge is -2.25. The minimum absolute atomic E-state index is 0.225. The van der Waals surface area contributed by atoms with E-state index in [0.29, 0.717) is 4.90 Å². The molecule has 1 fully saturated rings. The molecule has 1 aliphatic rings. The number of cyclic esters (lactones) is 1. The SMILES string of the molecule is CC(C)[C@@H]1OC(=O)N(C(=O)OC(C)(C)C)[C@@H]1C(=O)O. The van der Waals surface area contributed by atoms with Crippen molar-refractivity contribution >= 4 is 18.2 Å². The number of aliphatic carboxylic acids is 1. The zero-order chi connectivity index (χ0) is 15.0. The normalized spacial score (nSPS) is 23.5. The van der Waals surface area contributed by atoms with E-state index in [1.54, 1.807) is 34.6 Å². The number of hydrogen-bond donors (Lipinski definition) is 1. The molecule has 0 spiro atoms. The molecular formula is C12H19NO6. The summed E-state index contributed by atoms with van der Waals surface area (Å²) in [5.74, 6) is -1.52. The monoisotopic (exact) mass is 273 g/mol. The minimum atomic E-state index is -1.36. The van der Waals surface area contributed by atoms with Crippen molar-refractivity contribution in [3.05, 3.63) is 0 Å². The molecule has 0 aliphatic carbocycles. The summed E-state index contributed by atoms with van der Waals surface area (Å²) in [6.07, 6.45) is -2.87. The Morgan fingerprint density at radius 1 is 1.37 bits per heavy atom. The number of nitrogens with zero attached hydrogens (tertiary/aromatic N) is 1. The Morgan fingerprint density at radius 2 is 1.89 bits per heavy atom. The summed E-state index contributed by atoms with van der Waals surface area (Å²) in [5.41, 5.74) is -0.823. The maximum atomic E-state index is 11.9. The van der Waals surface area contributed by atoms with Crippen LogP contribution in [-0.4, -0.2) is 45.9 Å². The quantitative estimate of drug-likeness (QED) is 0.825. The van der Waals surface area contributed by atoms with Crippen LogP contribution in [0.2, 0.25) is 0 Å². The number of rotatable bonds is 2. The number of ether oxygens (including phenoxy) is 2. The first-order chi connectivity index (χ1) is 8.54. The molecule has 0 aromatic carbocycles. The molecule has 0 saturated carbocycles. The van der Waals surface area contributed by atoms with Crippen LogP contribution in [0.15, 0.2) is 0 Å². The Kier molecular flexibility index (Phi) is 4.07. The third kappa shape index (κ3) is 3.36. The van der Waals surface area contributed by atoms with Gasteiger partial charge in [0.1, 0.15) is 11.7 Å². The first-order valence-electron chi connectivity index (χ1n) is 6.00. The lowest BCUT2D eigenvalue weighted by molar-refractivity contribution is -0.143. The van der Waals surface area contributed by atoms with Crippen molar-refractivity contribution in [1.29, 1.82) is 0 Å². The van der Waals surface area contributed by atoms with Gasteiger partial charge in [0, 0.05) is 0 Å². The smallest absolute Gasteiger partial charge is 0.420 e. The number of carbonyl (C=O) groups is 3. The zero-order valence-corrected chi connectivity index (χ0v) is 11.7. The van der Waals surface area contributed by atoms with E-state index < -0.39 is 35.9 Å². The van der Waals surface area contributed by atoms with Gasteiger partial charge in [-0.3, -0.25) is 0 Å². The largest absolute Gasteiger partial charge is 0.480 e. The Bertz CT molecular complexity index is 398. The molecule has 0 unspecified atom stereocenters. The van der Waals surface area contributed by atoms with Crippen LogP contribution in [0.4, 0.5) is 9.59 Å². The predicted molar refractivity (Wildman–Crippen MR) is 64.6 cm³/mol. The summed E-state index contributed by atoms with van der Waals surface area (Å²) in [4.78, 5) is 35.4. The standard InChI is InChI=1S/C12H19NO6/c1-6(2)8-7(9(14)15)13(10(16)18-8)11(17)19-12(3,4)5/h6-8H,1-5H3,(H,14,15)/t7-,8-/m0/s1. The summed E-state index contributed by atoms with van der Waals surface area (Å²) in [6.45, 7) is 8.31. The van der Waals surface area contributed by atoms with Crippen LogP contribution in [0, 0.1) is 5.92 Å². The van der Waals surface area contributed by atoms with Gasteiger partial charge in [-0.1, -0.05) is 13.8 Å². The molecule has 1 saturated heterocycles. The maximum absolute atomic E-state index is 11.9. The molecule has 0 aromatic heterocycles. The Labute approximate surface area is 111 Å². The van der Waals surface area contributed by atoms with Crippen LogP contribution in [-0.2, 0) is 14.3 Å². The van der Waals surface area contributed by atoms with E-state index in [4.69, 9.17) is 9.47 Å². The first kappa shape index (κ1) is 15.3. The third-order valence-electron chi connectivity index (χ3n) is 2.52. The van der Waals surface area contributed by atoms with Crippen molar-refractivity contribution < 1.29 is 29.0 Å². The van der Waals surface area contributed by atoms with Crippen molar-refractivity contribution in [3.8, 4) is 0 Å². The number of hydrogen-bond acceptors (Lipinski definition) is 5. The maximum Gasteiger partial charge on any atom is 0.420 e. The Balaban J connectivity index is 3.00. The fourth-order valence-electron chi connectivity index (χ4n) is 1.75. The lowest BCUT2D eigenvalue weighted by atomic mass is 10.00. The van der Waals surface area contributed by atoms with Gasteiger partial charge in [-0.2, -0.15) is 4.90 Å². The third-order valence-corrected chi connectivity index (χ3v) is 2.52. The molecular weight excluding hydrogens is 254 g/mol. The van der Waals surface area contributed by atoms with Crippen LogP contribution in [0.5, 0.6) is 0 Å². The van der Waals surface area contributed by atoms with Gasteiger partial charge in [0.15, 0.2) is 6.04 Å². The van der Waals surface area contributed by atoms with Crippen molar-refractivity contribution in [3.63, 3.8) is 0 Å². The molecule has 2 amide bonds. The van der Waals surface area contributed by atoms with Gasteiger partial charge in [-0.05, 0) is 26.7 Å². The topological polar surface area (TPSA) is 93.1 Å². The average molecular weight is 273 g/mol. The van der Waals surface area contributed by atoms with Crippen LogP contribution in [0.25, 0.3) is 0 Å². The lowest BCUT2D eigenvalue weighted by Crippen LogP contribution is -2.49. The van der Waals surface area contributed by atoms with Gasteiger partial charge < -0.3 is 14.6 Å². The fraction of sp³-hybridized carbons (Fsp3) is 0.750. The summed E-state index contributed by atoms with van der Waals surface area (Å²) < 4.78 is 9.97. The second kappa shape index (κ2) is 5.07. The summed E-state index contributed by atoms with van der Waals surface area (Å²) in [6, 6.07) is -1.36. The van der Waals surface area contributed by atoms with E-state index >= 15 is 0 Å². The molecule has 0 radical (unpaired) electrons. The van der Waals surface area contributed by atoms with E-state index in [0.717, 1.165) is 0 Å². The van der Waals surface area contributed by atoms with Gasteiger partial charge >= 0.3 is 18.2 Å². The van der Waals surface area contributed by atoms with Gasteiger partial charge in [-0.15, -0.1) is 0 Å². The Hall–Kier alpha value is -1.79. The van der Waals surface area contributed by atoms with Crippen molar-refractivity contribution in [2.75, 3.05) is 0 Å². The van der Waals surface area contributed by atoms with Gasteiger partial charge in [0.25, 0.3) is 0 Å². The van der Waals surface area contributed by atoms with E-state index in [2.05, 4.69) is 0 Å². The van der Waals surface area contributed by atoms with Crippen molar-refractivity contribution in [1.82, 2.24) is 4.90 Å². The van der Waals surface area contributed by atoms with E-state index in [1.165, 1.54) is 0 Å². The highest BCUT2D eigenvalue weighted by molar-refractivity contribution is 5.96. The minimum Gasteiger partial charge on any atom is -0.480 e. The number of imide groups is 1. The molecule has 1 heterocycles. The average Bonchev–Trinajstić information content (AvgIpc) is 2.53. The summed E-state index contributed by atoms with van der Waals surface area (Å²) in [7, 11) is 0. The fourth-order valence-corrected chi connectivity index (χ4v) is 1.75.